The second-order valence-corrected chi connectivity index (χ2v) is 4.55. The molecule has 16 heavy (non-hydrogen) atoms. The van der Waals surface area contributed by atoms with Gasteiger partial charge in [-0.05, 0) is 38.8 Å². The Labute approximate surface area is 98.8 Å². The average Bonchev–Trinajstić information content (AvgIpc) is 2.17. The highest BCUT2D eigenvalue weighted by atomic mass is 16.5. The van der Waals surface area contributed by atoms with Crippen molar-refractivity contribution >= 4 is 0 Å². The molecule has 0 fully saturated rings. The van der Waals surface area contributed by atoms with E-state index in [4.69, 9.17) is 10.5 Å². The summed E-state index contributed by atoms with van der Waals surface area (Å²) < 4.78 is 5.95. The summed E-state index contributed by atoms with van der Waals surface area (Å²) in [4.78, 5) is 0. The summed E-state index contributed by atoms with van der Waals surface area (Å²) in [6.45, 7) is 8.34. The molecule has 2 N–H and O–H groups in total. The number of benzene rings is 1. The van der Waals surface area contributed by atoms with Crippen LogP contribution in [0.15, 0.2) is 18.2 Å². The molecule has 90 valence electrons. The van der Waals surface area contributed by atoms with Crippen LogP contribution in [0.2, 0.25) is 0 Å². The van der Waals surface area contributed by atoms with Crippen LogP contribution in [0.25, 0.3) is 0 Å². The highest BCUT2D eigenvalue weighted by Crippen LogP contribution is 2.26. The van der Waals surface area contributed by atoms with Crippen molar-refractivity contribution in [2.45, 2.75) is 52.7 Å². The third-order valence-corrected chi connectivity index (χ3v) is 2.68. The van der Waals surface area contributed by atoms with Crippen LogP contribution in [0, 0.1) is 6.92 Å². The Hall–Kier alpha value is -1.02. The molecule has 1 rings (SSSR count). The highest BCUT2D eigenvalue weighted by Gasteiger charge is 2.11. The lowest BCUT2D eigenvalue weighted by molar-refractivity contribution is 0.207. The quantitative estimate of drug-likeness (QED) is 0.824. The van der Waals surface area contributed by atoms with E-state index in [-0.39, 0.29) is 12.1 Å². The van der Waals surface area contributed by atoms with Crippen LogP contribution in [0.1, 0.15) is 50.8 Å². The maximum Gasteiger partial charge on any atom is 0.124 e. The van der Waals surface area contributed by atoms with E-state index in [9.17, 15) is 0 Å². The van der Waals surface area contributed by atoms with E-state index in [1.807, 2.05) is 6.92 Å². The Balaban J connectivity index is 2.87. The fourth-order valence-electron chi connectivity index (χ4n) is 1.80. The summed E-state index contributed by atoms with van der Waals surface area (Å²) in [5.41, 5.74) is 8.24. The number of hydrogen-bond acceptors (Lipinski definition) is 2. The molecule has 0 aromatic heterocycles. The Morgan fingerprint density at radius 1 is 1.31 bits per heavy atom. The minimum Gasteiger partial charge on any atom is -0.490 e. The first-order valence-electron chi connectivity index (χ1n) is 6.07. The maximum absolute atomic E-state index is 5.95. The molecule has 0 aliphatic rings. The van der Waals surface area contributed by atoms with Gasteiger partial charge in [-0.25, -0.2) is 0 Å². The Morgan fingerprint density at radius 2 is 2.00 bits per heavy atom. The van der Waals surface area contributed by atoms with Gasteiger partial charge in [0.05, 0.1) is 6.10 Å². The van der Waals surface area contributed by atoms with Crippen LogP contribution in [-0.2, 0) is 0 Å². The lowest BCUT2D eigenvalue weighted by atomic mass is 10.1. The predicted molar refractivity (Wildman–Crippen MR) is 68.8 cm³/mol. The Kier molecular flexibility index (Phi) is 4.81. The van der Waals surface area contributed by atoms with Crippen molar-refractivity contribution in [3.63, 3.8) is 0 Å². The first kappa shape index (κ1) is 13.0. The van der Waals surface area contributed by atoms with Gasteiger partial charge in [-0.1, -0.05) is 25.5 Å². The lowest BCUT2D eigenvalue weighted by Crippen LogP contribution is -2.15. The molecule has 0 radical (unpaired) electrons. The summed E-state index contributed by atoms with van der Waals surface area (Å²) in [7, 11) is 0. The van der Waals surface area contributed by atoms with Crippen LogP contribution < -0.4 is 10.5 Å². The van der Waals surface area contributed by atoms with Crippen LogP contribution in [-0.4, -0.2) is 6.10 Å². The molecule has 0 spiro atoms. The number of rotatable bonds is 5. The molecule has 1 aromatic rings. The summed E-state index contributed by atoms with van der Waals surface area (Å²) >= 11 is 0. The van der Waals surface area contributed by atoms with Crippen LogP contribution in [0.4, 0.5) is 0 Å². The molecule has 1 unspecified atom stereocenters. The van der Waals surface area contributed by atoms with Gasteiger partial charge in [0.1, 0.15) is 5.75 Å². The molecule has 0 amide bonds. The SMILES string of the molecule is CCCC(C)Oc1cc(C)ccc1[C@H](C)N. The van der Waals surface area contributed by atoms with Crippen LogP contribution >= 0.6 is 0 Å². The molecule has 0 saturated heterocycles. The number of nitrogens with two attached hydrogens (primary N) is 1. The van der Waals surface area contributed by atoms with Crippen molar-refractivity contribution in [1.82, 2.24) is 0 Å². The Bertz CT molecular complexity index is 334. The van der Waals surface area contributed by atoms with E-state index >= 15 is 0 Å². The predicted octanol–water partition coefficient (Wildman–Crippen LogP) is 3.58. The van der Waals surface area contributed by atoms with Crippen LogP contribution in [0.5, 0.6) is 5.75 Å². The fourth-order valence-corrected chi connectivity index (χ4v) is 1.80. The molecule has 0 heterocycles. The van der Waals surface area contributed by atoms with E-state index in [1.165, 1.54) is 5.56 Å². The highest BCUT2D eigenvalue weighted by molar-refractivity contribution is 5.39. The number of hydrogen-bond donors (Lipinski definition) is 1. The van der Waals surface area contributed by atoms with E-state index in [0.29, 0.717) is 0 Å². The van der Waals surface area contributed by atoms with Gasteiger partial charge < -0.3 is 10.5 Å². The summed E-state index contributed by atoms with van der Waals surface area (Å²) in [5.74, 6) is 0.941. The van der Waals surface area contributed by atoms with Gasteiger partial charge >= 0.3 is 0 Å². The van der Waals surface area contributed by atoms with Crippen molar-refractivity contribution < 1.29 is 4.74 Å². The summed E-state index contributed by atoms with van der Waals surface area (Å²) in [6, 6.07) is 6.24. The average molecular weight is 221 g/mol. The molecule has 2 atom stereocenters. The minimum absolute atomic E-state index is 0.0180. The molecule has 0 aliphatic heterocycles. The summed E-state index contributed by atoms with van der Waals surface area (Å²) in [5, 5.41) is 0. The molecule has 1 aromatic carbocycles. The van der Waals surface area contributed by atoms with Crippen LogP contribution in [0.3, 0.4) is 0 Å². The molecule has 0 bridgehead atoms. The normalized spacial score (nSPS) is 14.6. The van der Waals surface area contributed by atoms with Crippen molar-refractivity contribution in [3.8, 4) is 5.75 Å². The molecular weight excluding hydrogens is 198 g/mol. The van der Waals surface area contributed by atoms with Crippen molar-refractivity contribution in [2.24, 2.45) is 5.73 Å². The van der Waals surface area contributed by atoms with Gasteiger partial charge in [0.25, 0.3) is 0 Å². The van der Waals surface area contributed by atoms with E-state index in [1.54, 1.807) is 0 Å². The minimum atomic E-state index is 0.0180. The Morgan fingerprint density at radius 3 is 2.56 bits per heavy atom. The first-order chi connectivity index (χ1) is 7.54. The molecular formula is C14H23NO. The standard InChI is InChI=1S/C14H23NO/c1-5-6-11(3)16-14-9-10(2)7-8-13(14)12(4)15/h7-9,11-12H,5-6,15H2,1-4H3/t11?,12-/m0/s1. The third-order valence-electron chi connectivity index (χ3n) is 2.68. The third kappa shape index (κ3) is 3.53. The number of ether oxygens (including phenoxy) is 1. The second-order valence-electron chi connectivity index (χ2n) is 4.55. The summed E-state index contributed by atoms with van der Waals surface area (Å²) in [6.07, 6.45) is 2.47. The second kappa shape index (κ2) is 5.90. The van der Waals surface area contributed by atoms with Gasteiger partial charge in [-0.2, -0.15) is 0 Å². The first-order valence-corrected chi connectivity index (χ1v) is 6.07. The van der Waals surface area contributed by atoms with Crippen molar-refractivity contribution in [3.05, 3.63) is 29.3 Å². The van der Waals surface area contributed by atoms with Crippen molar-refractivity contribution in [2.75, 3.05) is 0 Å². The molecule has 0 saturated carbocycles. The maximum atomic E-state index is 5.95. The fraction of sp³-hybridized carbons (Fsp3) is 0.571. The molecule has 2 heteroatoms. The zero-order chi connectivity index (χ0) is 12.1. The van der Waals surface area contributed by atoms with Gasteiger partial charge in [0, 0.05) is 11.6 Å². The molecule has 2 nitrogen and oxygen atoms in total. The topological polar surface area (TPSA) is 35.2 Å². The monoisotopic (exact) mass is 221 g/mol. The van der Waals surface area contributed by atoms with Gasteiger partial charge in [-0.3, -0.25) is 0 Å². The molecule has 0 aliphatic carbocycles. The van der Waals surface area contributed by atoms with E-state index in [2.05, 4.69) is 39.0 Å². The van der Waals surface area contributed by atoms with Gasteiger partial charge in [0.15, 0.2) is 0 Å². The zero-order valence-electron chi connectivity index (χ0n) is 10.8. The largest absolute Gasteiger partial charge is 0.490 e. The lowest BCUT2D eigenvalue weighted by Gasteiger charge is -2.19. The van der Waals surface area contributed by atoms with Crippen molar-refractivity contribution in [1.29, 1.82) is 0 Å². The smallest absolute Gasteiger partial charge is 0.124 e. The number of aryl methyl sites for hydroxylation is 1. The van der Waals surface area contributed by atoms with E-state index in [0.717, 1.165) is 24.2 Å². The zero-order valence-corrected chi connectivity index (χ0v) is 10.8. The van der Waals surface area contributed by atoms with Gasteiger partial charge in [-0.15, -0.1) is 0 Å². The van der Waals surface area contributed by atoms with E-state index < -0.39 is 0 Å². The van der Waals surface area contributed by atoms with Gasteiger partial charge in [0.2, 0.25) is 0 Å².